The Hall–Kier alpha value is -3.10. The standard InChI is InChI=1S/C16H20N2O7/c1-2-25-16(24)12(5-3-4-6-14(20)21)18-17-10-7-8-11(15(22)23)13(19)9-10/h7-9,17,19H,2-6H2,1H3,(H,20,21)(H,22,23)/b18-12-. The molecule has 1 rings (SSSR count). The summed E-state index contributed by atoms with van der Waals surface area (Å²) in [6.07, 6.45) is 1.04. The molecule has 0 atom stereocenters. The summed E-state index contributed by atoms with van der Waals surface area (Å²) in [6, 6.07) is 3.76. The number of carboxylic acids is 2. The number of benzene rings is 1. The monoisotopic (exact) mass is 352 g/mol. The molecule has 0 aliphatic rings. The van der Waals surface area contributed by atoms with Gasteiger partial charge in [-0.15, -0.1) is 0 Å². The SMILES string of the molecule is CCOC(=O)/C(CCCCC(=O)O)=N\Nc1ccc(C(=O)O)c(O)c1. The van der Waals surface area contributed by atoms with E-state index in [1.807, 2.05) is 0 Å². The van der Waals surface area contributed by atoms with E-state index in [1.54, 1.807) is 6.92 Å². The van der Waals surface area contributed by atoms with Crippen LogP contribution < -0.4 is 5.43 Å². The van der Waals surface area contributed by atoms with Gasteiger partial charge in [0.2, 0.25) is 0 Å². The third-order valence-electron chi connectivity index (χ3n) is 3.11. The summed E-state index contributed by atoms with van der Waals surface area (Å²) >= 11 is 0. The molecule has 136 valence electrons. The fourth-order valence-electron chi connectivity index (χ4n) is 1.90. The molecule has 0 bridgehead atoms. The van der Waals surface area contributed by atoms with Crippen LogP contribution >= 0.6 is 0 Å². The first-order chi connectivity index (χ1) is 11.8. The van der Waals surface area contributed by atoms with E-state index < -0.39 is 23.7 Å². The molecule has 9 heteroatoms. The van der Waals surface area contributed by atoms with E-state index >= 15 is 0 Å². The highest BCUT2D eigenvalue weighted by atomic mass is 16.5. The van der Waals surface area contributed by atoms with Crippen molar-refractivity contribution >= 4 is 29.3 Å². The van der Waals surface area contributed by atoms with Crippen molar-refractivity contribution in [2.45, 2.75) is 32.6 Å². The topological polar surface area (TPSA) is 146 Å². The maximum Gasteiger partial charge on any atom is 0.354 e. The summed E-state index contributed by atoms with van der Waals surface area (Å²) in [6.45, 7) is 1.82. The summed E-state index contributed by atoms with van der Waals surface area (Å²) in [5.74, 6) is -3.25. The number of nitrogens with one attached hydrogen (secondary N) is 1. The smallest absolute Gasteiger partial charge is 0.354 e. The second-order valence-corrected chi connectivity index (χ2v) is 5.03. The molecule has 25 heavy (non-hydrogen) atoms. The summed E-state index contributed by atoms with van der Waals surface area (Å²) in [7, 11) is 0. The minimum atomic E-state index is -1.27. The van der Waals surface area contributed by atoms with Crippen molar-refractivity contribution in [1.82, 2.24) is 0 Å². The van der Waals surface area contributed by atoms with E-state index in [4.69, 9.17) is 14.9 Å². The van der Waals surface area contributed by atoms with Crippen molar-refractivity contribution in [1.29, 1.82) is 0 Å². The van der Waals surface area contributed by atoms with Crippen molar-refractivity contribution in [3.8, 4) is 5.75 Å². The number of carbonyl (C=O) groups excluding carboxylic acids is 1. The zero-order chi connectivity index (χ0) is 18.8. The van der Waals surface area contributed by atoms with E-state index in [0.29, 0.717) is 12.8 Å². The maximum absolute atomic E-state index is 11.9. The van der Waals surface area contributed by atoms with Gasteiger partial charge in [-0.3, -0.25) is 10.2 Å². The van der Waals surface area contributed by atoms with Crippen LogP contribution in [0.15, 0.2) is 23.3 Å². The first kappa shape index (κ1) is 19.9. The van der Waals surface area contributed by atoms with Crippen LogP contribution in [0.1, 0.15) is 43.0 Å². The molecule has 1 aromatic rings. The van der Waals surface area contributed by atoms with E-state index in [1.165, 1.54) is 18.2 Å². The van der Waals surface area contributed by atoms with Crippen LogP contribution in [0.25, 0.3) is 0 Å². The number of aliphatic carboxylic acids is 1. The van der Waals surface area contributed by atoms with Gasteiger partial charge in [-0.05, 0) is 38.3 Å². The lowest BCUT2D eigenvalue weighted by Gasteiger charge is -2.08. The lowest BCUT2D eigenvalue weighted by atomic mass is 10.1. The summed E-state index contributed by atoms with van der Waals surface area (Å²) in [5.41, 5.74) is 2.67. The number of ether oxygens (including phenoxy) is 1. The molecule has 0 saturated carbocycles. The molecule has 0 aromatic heterocycles. The Morgan fingerprint density at radius 1 is 1.16 bits per heavy atom. The van der Waals surface area contributed by atoms with Crippen molar-refractivity contribution in [3.63, 3.8) is 0 Å². The maximum atomic E-state index is 11.9. The zero-order valence-electron chi connectivity index (χ0n) is 13.7. The largest absolute Gasteiger partial charge is 0.507 e. The third-order valence-corrected chi connectivity index (χ3v) is 3.11. The Kier molecular flexibility index (Phi) is 7.91. The number of nitrogens with zero attached hydrogens (tertiary/aromatic N) is 1. The number of anilines is 1. The van der Waals surface area contributed by atoms with Crippen LogP contribution in [0.5, 0.6) is 5.75 Å². The number of hydrogen-bond donors (Lipinski definition) is 4. The summed E-state index contributed by atoms with van der Waals surface area (Å²) in [4.78, 5) is 33.2. The number of rotatable bonds is 10. The molecule has 4 N–H and O–H groups in total. The number of hydrazone groups is 1. The minimum Gasteiger partial charge on any atom is -0.507 e. The lowest BCUT2D eigenvalue weighted by molar-refractivity contribution is -0.137. The number of hydrogen-bond acceptors (Lipinski definition) is 7. The average Bonchev–Trinajstić information content (AvgIpc) is 2.53. The molecule has 0 saturated heterocycles. The quantitative estimate of drug-likeness (QED) is 0.217. The second-order valence-electron chi connectivity index (χ2n) is 5.03. The van der Waals surface area contributed by atoms with E-state index in [9.17, 15) is 19.5 Å². The van der Waals surface area contributed by atoms with Gasteiger partial charge in [-0.1, -0.05) is 0 Å². The first-order valence-corrected chi connectivity index (χ1v) is 7.63. The van der Waals surface area contributed by atoms with Crippen LogP contribution in [0.3, 0.4) is 0 Å². The van der Waals surface area contributed by atoms with E-state index in [-0.39, 0.29) is 36.4 Å². The zero-order valence-corrected chi connectivity index (χ0v) is 13.7. The molecular formula is C16H20N2O7. The van der Waals surface area contributed by atoms with Crippen molar-refractivity contribution in [3.05, 3.63) is 23.8 Å². The fourth-order valence-corrected chi connectivity index (χ4v) is 1.90. The van der Waals surface area contributed by atoms with Crippen molar-refractivity contribution < 1.29 is 34.4 Å². The van der Waals surface area contributed by atoms with Crippen molar-refractivity contribution in [2.24, 2.45) is 5.10 Å². The second kappa shape index (κ2) is 9.91. The predicted octanol–water partition coefficient (Wildman–Crippen LogP) is 2.07. The Morgan fingerprint density at radius 3 is 2.40 bits per heavy atom. The highest BCUT2D eigenvalue weighted by molar-refractivity contribution is 6.36. The van der Waals surface area contributed by atoms with Gasteiger partial charge >= 0.3 is 17.9 Å². The van der Waals surface area contributed by atoms with Gasteiger partial charge in [-0.2, -0.15) is 5.10 Å². The highest BCUT2D eigenvalue weighted by Gasteiger charge is 2.14. The molecule has 0 aliphatic carbocycles. The summed E-state index contributed by atoms with van der Waals surface area (Å²) < 4.78 is 4.89. The van der Waals surface area contributed by atoms with Gasteiger partial charge in [0.25, 0.3) is 0 Å². The van der Waals surface area contributed by atoms with Gasteiger partial charge < -0.3 is 20.1 Å². The molecule has 0 aliphatic heterocycles. The van der Waals surface area contributed by atoms with E-state index in [2.05, 4.69) is 10.5 Å². The number of aromatic carboxylic acids is 1. The van der Waals surface area contributed by atoms with Crippen LogP contribution in [0.4, 0.5) is 5.69 Å². The van der Waals surface area contributed by atoms with E-state index in [0.717, 1.165) is 0 Å². The molecule has 0 unspecified atom stereocenters. The molecular weight excluding hydrogens is 332 g/mol. The number of esters is 1. The summed E-state index contributed by atoms with van der Waals surface area (Å²) in [5, 5.41) is 31.0. The van der Waals surface area contributed by atoms with Gasteiger partial charge in [0.1, 0.15) is 17.0 Å². The molecule has 0 radical (unpaired) electrons. The Morgan fingerprint density at radius 2 is 1.84 bits per heavy atom. The van der Waals surface area contributed by atoms with Crippen molar-refractivity contribution in [2.75, 3.05) is 12.0 Å². The van der Waals surface area contributed by atoms with Gasteiger partial charge in [-0.25, -0.2) is 9.59 Å². The molecule has 0 amide bonds. The Balaban J connectivity index is 2.79. The van der Waals surface area contributed by atoms with Crippen LogP contribution in [0, 0.1) is 0 Å². The van der Waals surface area contributed by atoms with Gasteiger partial charge in [0.05, 0.1) is 12.3 Å². The molecule has 0 heterocycles. The highest BCUT2D eigenvalue weighted by Crippen LogP contribution is 2.22. The number of carbonyl (C=O) groups is 3. The lowest BCUT2D eigenvalue weighted by Crippen LogP contribution is -2.19. The van der Waals surface area contributed by atoms with Gasteiger partial charge in [0.15, 0.2) is 0 Å². The van der Waals surface area contributed by atoms with Crippen LogP contribution in [-0.4, -0.2) is 45.5 Å². The number of unbranched alkanes of at least 4 members (excludes halogenated alkanes) is 1. The molecule has 9 nitrogen and oxygen atoms in total. The first-order valence-electron chi connectivity index (χ1n) is 7.63. The molecule has 0 fully saturated rings. The van der Waals surface area contributed by atoms with Crippen LogP contribution in [-0.2, 0) is 14.3 Å². The number of carboxylic acid groups (broad SMARTS) is 2. The number of aromatic hydroxyl groups is 1. The van der Waals surface area contributed by atoms with Gasteiger partial charge in [0, 0.05) is 12.5 Å². The fraction of sp³-hybridized carbons (Fsp3) is 0.375. The third kappa shape index (κ3) is 6.90. The average molecular weight is 352 g/mol. The number of phenols is 1. The predicted molar refractivity (Wildman–Crippen MR) is 88.9 cm³/mol. The molecule has 0 spiro atoms. The normalized spacial score (nSPS) is 11.0. The van der Waals surface area contributed by atoms with Crippen LogP contribution in [0.2, 0.25) is 0 Å². The Labute approximate surface area is 143 Å². The molecule has 1 aromatic carbocycles. The Bertz CT molecular complexity index is 670. The minimum absolute atomic E-state index is 0.00590.